The van der Waals surface area contributed by atoms with Crippen LogP contribution in [0.15, 0.2) is 4.60 Å². The molecule has 0 saturated carbocycles. The van der Waals surface area contributed by atoms with Crippen LogP contribution in [0, 0.1) is 5.92 Å². The highest BCUT2D eigenvalue weighted by Gasteiger charge is 2.11. The lowest BCUT2D eigenvalue weighted by molar-refractivity contribution is -0.117. The van der Waals surface area contributed by atoms with Crippen LogP contribution >= 0.6 is 27.3 Å². The zero-order chi connectivity index (χ0) is 10.7. The summed E-state index contributed by atoms with van der Waals surface area (Å²) in [6.07, 6.45) is 1.22. The van der Waals surface area contributed by atoms with Crippen molar-refractivity contribution in [3.63, 3.8) is 0 Å². The highest BCUT2D eigenvalue weighted by Crippen LogP contribution is 2.26. The van der Waals surface area contributed by atoms with Crippen LogP contribution in [0.25, 0.3) is 0 Å². The summed E-state index contributed by atoms with van der Waals surface area (Å²) in [5.74, 6) is 0.260. The number of rotatable bonds is 4. The van der Waals surface area contributed by atoms with Crippen LogP contribution in [0.1, 0.15) is 23.7 Å². The average molecular weight is 277 g/mol. The van der Waals surface area contributed by atoms with Crippen molar-refractivity contribution >= 4 is 33.2 Å². The predicted molar refractivity (Wildman–Crippen MR) is 61.3 cm³/mol. The molecule has 0 aromatic carbocycles. The zero-order valence-electron chi connectivity index (χ0n) is 8.21. The first-order valence-electron chi connectivity index (χ1n) is 4.41. The smallest absolute Gasteiger partial charge is 0.224 e. The normalized spacial score (nSPS) is 10.9. The molecular weight excluding hydrogens is 264 g/mol. The summed E-state index contributed by atoms with van der Waals surface area (Å²) in [4.78, 5) is 16.1. The van der Waals surface area contributed by atoms with Crippen LogP contribution in [-0.2, 0) is 17.6 Å². The van der Waals surface area contributed by atoms with Crippen LogP contribution < -0.4 is 5.73 Å². The average Bonchev–Trinajstić information content (AvgIpc) is 2.28. The third kappa shape index (κ3) is 3.38. The van der Waals surface area contributed by atoms with E-state index in [2.05, 4.69) is 34.8 Å². The number of amides is 1. The number of carbonyl (C=O) groups is 1. The van der Waals surface area contributed by atoms with Crippen LogP contribution in [0.5, 0.6) is 0 Å². The first-order chi connectivity index (χ1) is 6.49. The molecule has 78 valence electrons. The number of nitrogens with zero attached hydrogens (tertiary/aromatic N) is 1. The van der Waals surface area contributed by atoms with Crippen LogP contribution in [-0.4, -0.2) is 10.9 Å². The molecule has 1 amide bonds. The Morgan fingerprint density at radius 3 is 2.79 bits per heavy atom. The van der Waals surface area contributed by atoms with Gasteiger partial charge in [-0.25, -0.2) is 4.98 Å². The maximum absolute atomic E-state index is 10.7. The van der Waals surface area contributed by atoms with Gasteiger partial charge in [-0.1, -0.05) is 13.8 Å². The molecule has 1 aromatic rings. The maximum Gasteiger partial charge on any atom is 0.224 e. The summed E-state index contributed by atoms with van der Waals surface area (Å²) in [6.45, 7) is 4.31. The number of halogens is 1. The van der Waals surface area contributed by atoms with Gasteiger partial charge >= 0.3 is 0 Å². The van der Waals surface area contributed by atoms with Gasteiger partial charge in [-0.2, -0.15) is 0 Å². The standard InChI is InChI=1S/C9H13BrN2OS/c1-5(2)3-6-9(10)12-8(14-6)4-7(11)13/h5H,3-4H2,1-2H3,(H2,11,13). The molecule has 0 saturated heterocycles. The number of thiazole rings is 1. The van der Waals surface area contributed by atoms with Gasteiger partial charge in [0.15, 0.2) is 0 Å². The number of hydrogen-bond donors (Lipinski definition) is 1. The summed E-state index contributed by atoms with van der Waals surface area (Å²) in [5, 5.41) is 0.792. The molecule has 0 aliphatic heterocycles. The van der Waals surface area contributed by atoms with Crippen molar-refractivity contribution in [1.29, 1.82) is 0 Å². The quantitative estimate of drug-likeness (QED) is 0.916. The number of primary amides is 1. The number of aromatic nitrogens is 1. The molecule has 0 spiro atoms. The lowest BCUT2D eigenvalue weighted by Gasteiger charge is -2.00. The molecule has 0 unspecified atom stereocenters. The summed E-state index contributed by atoms with van der Waals surface area (Å²) >= 11 is 4.94. The van der Waals surface area contributed by atoms with Crippen molar-refractivity contribution < 1.29 is 4.79 Å². The third-order valence-electron chi connectivity index (χ3n) is 1.61. The number of nitrogens with two attached hydrogens (primary N) is 1. The highest BCUT2D eigenvalue weighted by molar-refractivity contribution is 9.10. The molecule has 0 bridgehead atoms. The molecule has 0 atom stereocenters. The minimum absolute atomic E-state index is 0.237. The molecular formula is C9H13BrN2OS. The highest BCUT2D eigenvalue weighted by atomic mass is 79.9. The lowest BCUT2D eigenvalue weighted by atomic mass is 10.1. The lowest BCUT2D eigenvalue weighted by Crippen LogP contribution is -2.13. The van der Waals surface area contributed by atoms with E-state index >= 15 is 0 Å². The van der Waals surface area contributed by atoms with Crippen LogP contribution in [0.2, 0.25) is 0 Å². The Labute approximate surface area is 95.9 Å². The monoisotopic (exact) mass is 276 g/mol. The Kier molecular flexibility index (Phi) is 4.07. The Morgan fingerprint density at radius 1 is 1.64 bits per heavy atom. The van der Waals surface area contributed by atoms with Gasteiger partial charge in [0, 0.05) is 4.88 Å². The van der Waals surface area contributed by atoms with Crippen molar-refractivity contribution in [3.8, 4) is 0 Å². The van der Waals surface area contributed by atoms with Crippen molar-refractivity contribution in [1.82, 2.24) is 4.98 Å². The van der Waals surface area contributed by atoms with Crippen LogP contribution in [0.3, 0.4) is 0 Å². The summed E-state index contributed by atoms with van der Waals surface area (Å²) < 4.78 is 0.854. The molecule has 1 rings (SSSR count). The van der Waals surface area contributed by atoms with E-state index in [0.29, 0.717) is 5.92 Å². The Balaban J connectivity index is 2.76. The summed E-state index contributed by atoms with van der Waals surface area (Å²) in [5.41, 5.74) is 5.10. The van der Waals surface area contributed by atoms with E-state index in [1.54, 1.807) is 11.3 Å². The van der Waals surface area contributed by atoms with E-state index in [1.807, 2.05) is 0 Å². The van der Waals surface area contributed by atoms with Gasteiger partial charge in [0.05, 0.1) is 6.42 Å². The fraction of sp³-hybridized carbons (Fsp3) is 0.556. The van der Waals surface area contributed by atoms with Crippen molar-refractivity contribution in [3.05, 3.63) is 14.5 Å². The number of hydrogen-bond acceptors (Lipinski definition) is 3. The molecule has 5 heteroatoms. The molecule has 0 fully saturated rings. The SMILES string of the molecule is CC(C)Cc1sc(CC(N)=O)nc1Br. The minimum atomic E-state index is -0.331. The summed E-state index contributed by atoms with van der Waals surface area (Å²) in [6, 6.07) is 0. The van der Waals surface area contributed by atoms with Gasteiger partial charge < -0.3 is 5.73 Å². The second kappa shape index (κ2) is 4.89. The van der Waals surface area contributed by atoms with Crippen molar-refractivity contribution in [2.75, 3.05) is 0 Å². The van der Waals surface area contributed by atoms with E-state index in [9.17, 15) is 4.79 Å². The van der Waals surface area contributed by atoms with Gasteiger partial charge in [-0.3, -0.25) is 4.79 Å². The van der Waals surface area contributed by atoms with Crippen molar-refractivity contribution in [2.24, 2.45) is 11.7 Å². The van der Waals surface area contributed by atoms with Crippen molar-refractivity contribution in [2.45, 2.75) is 26.7 Å². The maximum atomic E-state index is 10.7. The predicted octanol–water partition coefficient (Wildman–Crippen LogP) is 2.13. The van der Waals surface area contributed by atoms with E-state index in [4.69, 9.17) is 5.73 Å². The first kappa shape index (κ1) is 11.7. The second-order valence-corrected chi connectivity index (χ2v) is 5.48. The zero-order valence-corrected chi connectivity index (χ0v) is 10.6. The van der Waals surface area contributed by atoms with E-state index in [-0.39, 0.29) is 12.3 Å². The van der Waals surface area contributed by atoms with Gasteiger partial charge in [0.1, 0.15) is 9.61 Å². The van der Waals surface area contributed by atoms with Gasteiger partial charge in [0.25, 0.3) is 0 Å². The number of carbonyl (C=O) groups excluding carboxylic acids is 1. The molecule has 14 heavy (non-hydrogen) atoms. The van der Waals surface area contributed by atoms with Crippen LogP contribution in [0.4, 0.5) is 0 Å². The molecule has 2 N–H and O–H groups in total. The largest absolute Gasteiger partial charge is 0.369 e. The van der Waals surface area contributed by atoms with Gasteiger partial charge in [-0.05, 0) is 28.3 Å². The fourth-order valence-corrected chi connectivity index (χ4v) is 3.02. The molecule has 1 aromatic heterocycles. The topological polar surface area (TPSA) is 56.0 Å². The molecule has 0 aliphatic rings. The fourth-order valence-electron chi connectivity index (χ4n) is 1.10. The first-order valence-corrected chi connectivity index (χ1v) is 6.02. The second-order valence-electron chi connectivity index (χ2n) is 3.56. The van der Waals surface area contributed by atoms with Gasteiger partial charge in [0.2, 0.25) is 5.91 Å². The van der Waals surface area contributed by atoms with Gasteiger partial charge in [-0.15, -0.1) is 11.3 Å². The minimum Gasteiger partial charge on any atom is -0.369 e. The molecule has 0 aliphatic carbocycles. The molecule has 3 nitrogen and oxygen atoms in total. The summed E-state index contributed by atoms with van der Waals surface area (Å²) in [7, 11) is 0. The third-order valence-corrected chi connectivity index (χ3v) is 3.61. The van der Waals surface area contributed by atoms with E-state index in [0.717, 1.165) is 16.0 Å². The Bertz CT molecular complexity index is 336. The molecule has 1 heterocycles. The van der Waals surface area contributed by atoms with E-state index < -0.39 is 0 Å². The molecule has 0 radical (unpaired) electrons. The Hall–Kier alpha value is -0.420. The Morgan fingerprint density at radius 2 is 2.29 bits per heavy atom. The van der Waals surface area contributed by atoms with E-state index in [1.165, 1.54) is 4.88 Å².